The summed E-state index contributed by atoms with van der Waals surface area (Å²) in [6.07, 6.45) is 0.587. The number of halogens is 1. The van der Waals surface area contributed by atoms with E-state index in [2.05, 4.69) is 5.32 Å². The molecular weight excluding hydrogens is 419 g/mol. The molecular formula is C23H23FN2O4S. The van der Waals surface area contributed by atoms with Gasteiger partial charge in [-0.2, -0.15) is 0 Å². The minimum Gasteiger partial charge on any atom is -0.467 e. The van der Waals surface area contributed by atoms with Gasteiger partial charge >= 0.3 is 5.97 Å². The smallest absolute Gasteiger partial charge is 0.333 e. The highest BCUT2D eigenvalue weighted by Gasteiger charge is 2.27. The van der Waals surface area contributed by atoms with E-state index in [1.54, 1.807) is 35.7 Å². The number of rotatable bonds is 7. The second-order valence-corrected chi connectivity index (χ2v) is 7.98. The lowest BCUT2D eigenvalue weighted by Gasteiger charge is -2.18. The summed E-state index contributed by atoms with van der Waals surface area (Å²) < 4.78 is 19.6. The molecule has 0 aliphatic carbocycles. The summed E-state index contributed by atoms with van der Waals surface area (Å²) >= 11 is 1.30. The highest BCUT2D eigenvalue weighted by atomic mass is 32.1. The number of methoxy groups -OCH3 is 1. The maximum atomic E-state index is 13.3. The van der Waals surface area contributed by atoms with E-state index in [0.717, 1.165) is 16.8 Å². The van der Waals surface area contributed by atoms with Crippen LogP contribution in [0.4, 0.5) is 4.39 Å². The molecule has 1 atom stereocenters. The van der Waals surface area contributed by atoms with Crippen LogP contribution in [-0.4, -0.2) is 23.6 Å². The molecule has 0 radical (unpaired) electrons. The van der Waals surface area contributed by atoms with Crippen molar-refractivity contribution in [3.8, 4) is 0 Å². The van der Waals surface area contributed by atoms with Crippen molar-refractivity contribution in [2.75, 3.05) is 7.11 Å². The first-order valence-electron chi connectivity index (χ1n) is 9.75. The van der Waals surface area contributed by atoms with Crippen LogP contribution < -0.4 is 10.9 Å². The number of amides is 1. The van der Waals surface area contributed by atoms with Gasteiger partial charge in [-0.15, -0.1) is 11.3 Å². The molecule has 0 fully saturated rings. The SMILES string of the molecule is CCc1c(C)cc(C(=O)NC(C(=O)OC)c2cccs2)c(=O)n1Cc1ccc(F)cc1. The Morgan fingerprint density at radius 3 is 2.52 bits per heavy atom. The normalized spacial score (nSPS) is 11.7. The van der Waals surface area contributed by atoms with E-state index < -0.39 is 23.5 Å². The molecule has 3 rings (SSSR count). The lowest BCUT2D eigenvalue weighted by Crippen LogP contribution is -2.39. The third-order valence-corrected chi connectivity index (χ3v) is 5.93. The zero-order valence-electron chi connectivity index (χ0n) is 17.5. The van der Waals surface area contributed by atoms with Crippen molar-refractivity contribution in [2.24, 2.45) is 0 Å². The molecule has 2 heterocycles. The topological polar surface area (TPSA) is 77.4 Å². The Kier molecular flexibility index (Phi) is 7.02. The van der Waals surface area contributed by atoms with Crippen molar-refractivity contribution < 1.29 is 18.7 Å². The Hall–Kier alpha value is -3.26. The molecule has 0 saturated heterocycles. The van der Waals surface area contributed by atoms with Crippen LogP contribution >= 0.6 is 11.3 Å². The molecule has 1 aromatic carbocycles. The summed E-state index contributed by atoms with van der Waals surface area (Å²) in [5.41, 5.74) is 1.76. The molecule has 0 spiro atoms. The number of hydrogen-bond donors (Lipinski definition) is 1. The molecule has 1 N–H and O–H groups in total. The Labute approximate surface area is 183 Å². The largest absolute Gasteiger partial charge is 0.467 e. The predicted molar refractivity (Wildman–Crippen MR) is 117 cm³/mol. The lowest BCUT2D eigenvalue weighted by atomic mass is 10.1. The van der Waals surface area contributed by atoms with Gasteiger partial charge in [0.2, 0.25) is 0 Å². The van der Waals surface area contributed by atoms with Gasteiger partial charge in [-0.1, -0.05) is 25.1 Å². The molecule has 2 aromatic heterocycles. The summed E-state index contributed by atoms with van der Waals surface area (Å²) in [5.74, 6) is -1.64. The number of carbonyl (C=O) groups is 2. The van der Waals surface area contributed by atoms with E-state index in [0.29, 0.717) is 11.3 Å². The predicted octanol–water partition coefficient (Wildman–Crippen LogP) is 3.61. The molecule has 0 aliphatic rings. The minimum absolute atomic E-state index is 0.0673. The average molecular weight is 443 g/mol. The zero-order valence-corrected chi connectivity index (χ0v) is 18.3. The number of pyridine rings is 1. The lowest BCUT2D eigenvalue weighted by molar-refractivity contribution is -0.143. The fraction of sp³-hybridized carbons (Fsp3) is 0.261. The molecule has 6 nitrogen and oxygen atoms in total. The van der Waals surface area contributed by atoms with Crippen molar-refractivity contribution in [1.29, 1.82) is 0 Å². The van der Waals surface area contributed by atoms with Gasteiger partial charge < -0.3 is 14.6 Å². The number of benzene rings is 1. The van der Waals surface area contributed by atoms with E-state index in [1.807, 2.05) is 13.8 Å². The number of esters is 1. The van der Waals surface area contributed by atoms with Crippen LogP contribution in [0.5, 0.6) is 0 Å². The number of nitrogens with one attached hydrogen (secondary N) is 1. The Bertz CT molecular complexity index is 1140. The van der Waals surface area contributed by atoms with Crippen LogP contribution in [0.2, 0.25) is 0 Å². The molecule has 1 amide bonds. The van der Waals surface area contributed by atoms with Crippen LogP contribution in [-0.2, 0) is 22.5 Å². The minimum atomic E-state index is -1.01. The summed E-state index contributed by atoms with van der Waals surface area (Å²) in [6.45, 7) is 3.95. The van der Waals surface area contributed by atoms with Crippen molar-refractivity contribution >= 4 is 23.2 Å². The van der Waals surface area contributed by atoms with Crippen LogP contribution in [0.15, 0.2) is 52.6 Å². The van der Waals surface area contributed by atoms with Crippen molar-refractivity contribution in [3.63, 3.8) is 0 Å². The van der Waals surface area contributed by atoms with Crippen LogP contribution in [0, 0.1) is 12.7 Å². The van der Waals surface area contributed by atoms with Gasteiger partial charge in [0.1, 0.15) is 11.4 Å². The second-order valence-electron chi connectivity index (χ2n) is 7.00. The number of carbonyl (C=O) groups excluding carboxylic acids is 2. The van der Waals surface area contributed by atoms with Crippen LogP contribution in [0.3, 0.4) is 0 Å². The molecule has 3 aromatic rings. The van der Waals surface area contributed by atoms with Crippen molar-refractivity contribution in [1.82, 2.24) is 9.88 Å². The quantitative estimate of drug-likeness (QED) is 0.567. The molecule has 8 heteroatoms. The molecule has 0 saturated carbocycles. The monoisotopic (exact) mass is 442 g/mol. The number of nitrogens with zero attached hydrogens (tertiary/aromatic N) is 1. The maximum Gasteiger partial charge on any atom is 0.333 e. The second kappa shape index (κ2) is 9.70. The number of ether oxygens (including phenoxy) is 1. The fourth-order valence-corrected chi connectivity index (χ4v) is 4.21. The van der Waals surface area contributed by atoms with E-state index in [9.17, 15) is 18.8 Å². The van der Waals surface area contributed by atoms with E-state index in [1.165, 1.54) is 35.1 Å². The number of thiophene rings is 1. The first kappa shape index (κ1) is 22.4. The van der Waals surface area contributed by atoms with Crippen LogP contribution in [0.1, 0.15) is 45.0 Å². The highest BCUT2D eigenvalue weighted by molar-refractivity contribution is 7.10. The third kappa shape index (κ3) is 4.91. The van der Waals surface area contributed by atoms with E-state index >= 15 is 0 Å². The summed E-state index contributed by atoms with van der Waals surface area (Å²) in [7, 11) is 1.24. The molecule has 31 heavy (non-hydrogen) atoms. The first-order chi connectivity index (χ1) is 14.8. The molecule has 162 valence electrons. The molecule has 1 unspecified atom stereocenters. The van der Waals surface area contributed by atoms with Gasteiger partial charge in [-0.3, -0.25) is 9.59 Å². The number of aromatic nitrogens is 1. The highest BCUT2D eigenvalue weighted by Crippen LogP contribution is 2.21. The average Bonchev–Trinajstić information content (AvgIpc) is 3.29. The van der Waals surface area contributed by atoms with Crippen LogP contribution in [0.25, 0.3) is 0 Å². The fourth-order valence-electron chi connectivity index (χ4n) is 3.44. The number of aryl methyl sites for hydroxylation is 1. The van der Waals surface area contributed by atoms with E-state index in [-0.39, 0.29) is 17.9 Å². The number of hydrogen-bond acceptors (Lipinski definition) is 5. The van der Waals surface area contributed by atoms with Gasteiger partial charge in [0, 0.05) is 10.6 Å². The van der Waals surface area contributed by atoms with Gasteiger partial charge in [-0.25, -0.2) is 9.18 Å². The Morgan fingerprint density at radius 1 is 1.23 bits per heavy atom. The van der Waals surface area contributed by atoms with E-state index in [4.69, 9.17) is 4.74 Å². The standard InChI is InChI=1S/C23H23FN2O4S/c1-4-18-14(2)12-17(22(28)26(18)13-15-7-9-16(24)10-8-15)21(27)25-20(23(29)30-3)19-6-5-11-31-19/h5-12,20H,4,13H2,1-3H3,(H,25,27). The van der Waals surface area contributed by atoms with Gasteiger partial charge in [0.05, 0.1) is 13.7 Å². The van der Waals surface area contributed by atoms with Gasteiger partial charge in [0.25, 0.3) is 11.5 Å². The maximum absolute atomic E-state index is 13.3. The molecule has 0 aliphatic heterocycles. The summed E-state index contributed by atoms with van der Waals surface area (Å²) in [6, 6.07) is 9.88. The summed E-state index contributed by atoms with van der Waals surface area (Å²) in [5, 5.41) is 4.41. The van der Waals surface area contributed by atoms with Crippen molar-refractivity contribution in [3.05, 3.63) is 91.3 Å². The zero-order chi connectivity index (χ0) is 22.5. The van der Waals surface area contributed by atoms with Gasteiger partial charge in [-0.05, 0) is 54.1 Å². The summed E-state index contributed by atoms with van der Waals surface area (Å²) in [4.78, 5) is 39.1. The first-order valence-corrected chi connectivity index (χ1v) is 10.6. The van der Waals surface area contributed by atoms with Crippen molar-refractivity contribution in [2.45, 2.75) is 32.9 Å². The Balaban J connectivity index is 1.99. The Morgan fingerprint density at radius 2 is 1.94 bits per heavy atom. The third-order valence-electron chi connectivity index (χ3n) is 4.99. The molecule has 0 bridgehead atoms. The van der Waals surface area contributed by atoms with Gasteiger partial charge in [0.15, 0.2) is 6.04 Å².